The van der Waals surface area contributed by atoms with E-state index in [2.05, 4.69) is 59.3 Å². The predicted octanol–water partition coefficient (Wildman–Crippen LogP) is 5.67. The highest BCUT2D eigenvalue weighted by atomic mass is 32.1. The van der Waals surface area contributed by atoms with Gasteiger partial charge in [0.1, 0.15) is 0 Å². The van der Waals surface area contributed by atoms with Gasteiger partial charge in [-0.3, -0.25) is 4.99 Å². The van der Waals surface area contributed by atoms with Crippen molar-refractivity contribution in [2.24, 2.45) is 16.8 Å². The number of aliphatic imine (C=N–C) groups is 1. The van der Waals surface area contributed by atoms with Crippen molar-refractivity contribution in [3.63, 3.8) is 0 Å². The Labute approximate surface area is 207 Å². The number of benzene rings is 1. The second kappa shape index (κ2) is 12.2. The van der Waals surface area contributed by atoms with Crippen molar-refractivity contribution < 1.29 is 0 Å². The summed E-state index contributed by atoms with van der Waals surface area (Å²) in [6, 6.07) is 11.8. The number of hydrogen-bond acceptors (Lipinski definition) is 3. The lowest BCUT2D eigenvalue weighted by Gasteiger charge is -2.32. The van der Waals surface area contributed by atoms with Crippen LogP contribution in [-0.2, 0) is 6.42 Å². The van der Waals surface area contributed by atoms with Gasteiger partial charge in [0.15, 0.2) is 5.11 Å². The van der Waals surface area contributed by atoms with Crippen LogP contribution in [0.15, 0.2) is 35.3 Å². The fraction of sp³-hybridized carbons (Fsp3) is 0.714. The molecule has 33 heavy (non-hydrogen) atoms. The van der Waals surface area contributed by atoms with Gasteiger partial charge in [-0.2, -0.15) is 0 Å². The van der Waals surface area contributed by atoms with Gasteiger partial charge in [0.25, 0.3) is 0 Å². The van der Waals surface area contributed by atoms with E-state index in [9.17, 15) is 0 Å². The zero-order valence-electron chi connectivity index (χ0n) is 20.8. The Hall–Kier alpha value is -1.62. The summed E-state index contributed by atoms with van der Waals surface area (Å²) in [5.41, 5.74) is 1.42. The first kappa shape index (κ1) is 24.5. The van der Waals surface area contributed by atoms with E-state index in [4.69, 9.17) is 17.2 Å². The molecule has 2 aliphatic heterocycles. The molecule has 4 rings (SSSR count). The maximum absolute atomic E-state index is 5.90. The second-order valence-electron chi connectivity index (χ2n) is 10.8. The average molecular weight is 469 g/mol. The van der Waals surface area contributed by atoms with Gasteiger partial charge in [-0.25, -0.2) is 0 Å². The lowest BCUT2D eigenvalue weighted by Crippen LogP contribution is -2.38. The molecule has 2 heterocycles. The van der Waals surface area contributed by atoms with Crippen molar-refractivity contribution in [3.05, 3.63) is 35.9 Å². The zero-order chi connectivity index (χ0) is 23.0. The Kier molecular flexibility index (Phi) is 9.05. The molecule has 0 aromatic heterocycles. The average Bonchev–Trinajstić information content (AvgIpc) is 3.38. The molecule has 1 aromatic rings. The zero-order valence-corrected chi connectivity index (χ0v) is 21.7. The van der Waals surface area contributed by atoms with Crippen molar-refractivity contribution in [3.8, 4) is 0 Å². The fourth-order valence-corrected chi connectivity index (χ4v) is 6.18. The summed E-state index contributed by atoms with van der Waals surface area (Å²) in [6.07, 6.45) is 12.6. The summed E-state index contributed by atoms with van der Waals surface area (Å²) < 4.78 is 0. The fourth-order valence-electron chi connectivity index (χ4n) is 5.75. The van der Waals surface area contributed by atoms with Crippen LogP contribution in [0.2, 0.25) is 0 Å². The summed E-state index contributed by atoms with van der Waals surface area (Å²) in [5.74, 6) is 2.99. The first-order valence-corrected chi connectivity index (χ1v) is 13.9. The van der Waals surface area contributed by atoms with Gasteiger partial charge in [-0.15, -0.1) is 0 Å². The highest BCUT2D eigenvalue weighted by molar-refractivity contribution is 7.80. The summed E-state index contributed by atoms with van der Waals surface area (Å²) >= 11 is 5.90. The van der Waals surface area contributed by atoms with Crippen LogP contribution in [0.4, 0.5) is 0 Å². The highest BCUT2D eigenvalue weighted by Gasteiger charge is 2.33. The Morgan fingerprint density at radius 1 is 1.00 bits per heavy atom. The van der Waals surface area contributed by atoms with Crippen molar-refractivity contribution in [2.75, 3.05) is 26.2 Å². The molecule has 182 valence electrons. The molecular weight excluding hydrogens is 424 g/mol. The van der Waals surface area contributed by atoms with Gasteiger partial charge in [-0.1, -0.05) is 50.1 Å². The number of hydrogen-bond donors (Lipinski definition) is 1. The number of nitrogens with one attached hydrogen (secondary N) is 1. The van der Waals surface area contributed by atoms with Gasteiger partial charge in [0.2, 0.25) is 0 Å². The SMILES string of the molecule is CC1CCC(CN2C(=S)N(CCCC[C@H]3CNC(CCCc4ccccc4)=N3)C[C@H]2C)CC1. The van der Waals surface area contributed by atoms with E-state index in [0.29, 0.717) is 12.1 Å². The first-order chi connectivity index (χ1) is 16.1. The maximum Gasteiger partial charge on any atom is 0.171 e. The lowest BCUT2D eigenvalue weighted by molar-refractivity contribution is 0.227. The molecule has 1 aliphatic carbocycles. The largest absolute Gasteiger partial charge is 0.372 e. The third-order valence-electron chi connectivity index (χ3n) is 7.94. The number of unbranched alkanes of at least 4 members (excludes halogenated alkanes) is 1. The van der Waals surface area contributed by atoms with Crippen LogP contribution in [0, 0.1) is 11.8 Å². The minimum atomic E-state index is 0.464. The van der Waals surface area contributed by atoms with E-state index < -0.39 is 0 Å². The predicted molar refractivity (Wildman–Crippen MR) is 144 cm³/mol. The Morgan fingerprint density at radius 3 is 2.58 bits per heavy atom. The molecule has 2 atom stereocenters. The molecule has 0 radical (unpaired) electrons. The topological polar surface area (TPSA) is 30.9 Å². The highest BCUT2D eigenvalue weighted by Crippen LogP contribution is 2.30. The number of nitrogens with zero attached hydrogens (tertiary/aromatic N) is 3. The van der Waals surface area contributed by atoms with Crippen molar-refractivity contribution in [2.45, 2.75) is 90.1 Å². The van der Waals surface area contributed by atoms with Gasteiger partial charge in [-0.05, 0) is 81.5 Å². The van der Waals surface area contributed by atoms with E-state index in [-0.39, 0.29) is 0 Å². The molecular formula is C28H44N4S. The Balaban J connectivity index is 1.11. The van der Waals surface area contributed by atoms with Crippen LogP contribution in [0.3, 0.4) is 0 Å². The third-order valence-corrected chi connectivity index (χ3v) is 8.43. The van der Waals surface area contributed by atoms with Gasteiger partial charge in [0.05, 0.1) is 11.9 Å². The number of aryl methyl sites for hydroxylation is 1. The molecule has 3 aliphatic rings. The molecule has 1 saturated carbocycles. The van der Waals surface area contributed by atoms with Gasteiger partial charge >= 0.3 is 0 Å². The first-order valence-electron chi connectivity index (χ1n) is 13.5. The summed E-state index contributed by atoms with van der Waals surface area (Å²) in [4.78, 5) is 9.96. The molecule has 2 fully saturated rings. The quantitative estimate of drug-likeness (QED) is 0.335. The van der Waals surface area contributed by atoms with Crippen LogP contribution in [-0.4, -0.2) is 59.0 Å². The van der Waals surface area contributed by atoms with Crippen LogP contribution >= 0.6 is 12.2 Å². The van der Waals surface area contributed by atoms with E-state index in [1.165, 1.54) is 69.3 Å². The molecule has 5 heteroatoms. The van der Waals surface area contributed by atoms with Crippen molar-refractivity contribution in [1.82, 2.24) is 15.1 Å². The van der Waals surface area contributed by atoms with E-state index in [1.807, 2.05) is 0 Å². The molecule has 0 unspecified atom stereocenters. The number of thiocarbonyl (C=S) groups is 1. The summed E-state index contributed by atoms with van der Waals surface area (Å²) in [7, 11) is 0. The van der Waals surface area contributed by atoms with Gasteiger partial charge < -0.3 is 15.1 Å². The van der Waals surface area contributed by atoms with Crippen molar-refractivity contribution >= 4 is 23.2 Å². The second-order valence-corrected chi connectivity index (χ2v) is 11.2. The lowest BCUT2D eigenvalue weighted by atomic mass is 9.83. The van der Waals surface area contributed by atoms with Crippen molar-refractivity contribution in [1.29, 1.82) is 0 Å². The Morgan fingerprint density at radius 2 is 1.79 bits per heavy atom. The minimum Gasteiger partial charge on any atom is -0.372 e. The monoisotopic (exact) mass is 468 g/mol. The normalized spacial score (nSPS) is 27.7. The molecule has 1 aromatic carbocycles. The van der Waals surface area contributed by atoms with E-state index in [0.717, 1.165) is 49.4 Å². The summed E-state index contributed by atoms with van der Waals surface area (Å²) in [5, 5.41) is 4.66. The number of rotatable bonds is 11. The minimum absolute atomic E-state index is 0.464. The molecule has 4 nitrogen and oxygen atoms in total. The van der Waals surface area contributed by atoms with Gasteiger partial charge in [0, 0.05) is 38.6 Å². The van der Waals surface area contributed by atoms with E-state index >= 15 is 0 Å². The maximum atomic E-state index is 5.90. The smallest absolute Gasteiger partial charge is 0.171 e. The van der Waals surface area contributed by atoms with Crippen LogP contribution < -0.4 is 5.32 Å². The van der Waals surface area contributed by atoms with Crippen LogP contribution in [0.1, 0.15) is 77.2 Å². The molecule has 1 saturated heterocycles. The molecule has 0 amide bonds. The van der Waals surface area contributed by atoms with E-state index in [1.54, 1.807) is 0 Å². The third kappa shape index (κ3) is 7.18. The molecule has 1 N–H and O–H groups in total. The Bertz CT molecular complexity index is 771. The van der Waals surface area contributed by atoms with Crippen LogP contribution in [0.25, 0.3) is 0 Å². The number of amidine groups is 1. The molecule has 0 spiro atoms. The summed E-state index contributed by atoms with van der Waals surface area (Å²) in [6.45, 7) is 9.18. The molecule has 0 bridgehead atoms. The van der Waals surface area contributed by atoms with Crippen LogP contribution in [0.5, 0.6) is 0 Å². The standard InChI is InChI=1S/C28H44N4S/c1-22-14-16-25(17-15-22)21-32-23(2)20-31(28(32)33)18-7-6-12-26-19-29-27(30-26)13-8-11-24-9-4-3-5-10-24/h3-5,9-10,22-23,25-26H,6-8,11-21H2,1-2H3,(H,29,30)/t22?,23-,25?,26+/m1/s1.